The molecule has 12 N–H and O–H groups in total. The third-order valence-corrected chi connectivity index (χ3v) is 16.1. The zero-order valence-corrected chi connectivity index (χ0v) is 50.4. The summed E-state index contributed by atoms with van der Waals surface area (Å²) < 4.78 is 18.2. The highest BCUT2D eigenvalue weighted by Crippen LogP contribution is 2.36. The number of ether oxygens (including phenoxy) is 3. The number of hydrogen-bond donors (Lipinski definition) is 12. The van der Waals surface area contributed by atoms with Gasteiger partial charge >= 0.3 is 11.9 Å². The fourth-order valence-electron chi connectivity index (χ4n) is 10.3. The van der Waals surface area contributed by atoms with E-state index in [0.29, 0.717) is 23.5 Å². The molecule has 2 heterocycles. The lowest BCUT2D eigenvalue weighted by molar-refractivity contribution is -0.333. The number of unbranched alkanes of at least 4 members (excludes halogenated alkanes) is 3. The van der Waals surface area contributed by atoms with E-state index >= 15 is 0 Å². The number of carbonyl (C=O) groups is 2. The van der Waals surface area contributed by atoms with Crippen molar-refractivity contribution in [2.75, 3.05) is 20.6 Å². The topological polar surface area (TPSA) is 301 Å². The molecule has 0 aromatic carbocycles. The maximum Gasteiger partial charge on any atom is 0.334 e. The molecule has 0 spiro atoms. The molecular weight excluding hydrogens is 1030 g/mol. The minimum Gasteiger partial charge on any atom is -0.462 e. The number of allylic oxidation sites excluding steroid dienone is 6. The van der Waals surface area contributed by atoms with Gasteiger partial charge in [0.15, 0.2) is 11.7 Å². The van der Waals surface area contributed by atoms with Crippen molar-refractivity contribution in [3.05, 3.63) is 59.8 Å². The Morgan fingerprint density at radius 3 is 2.08 bits per heavy atom. The molecule has 0 aromatic heterocycles. The minimum absolute atomic E-state index is 0.0323. The summed E-state index contributed by atoms with van der Waals surface area (Å²) in [5.74, 6) is -4.18. The highest BCUT2D eigenvalue weighted by atomic mass is 16.7. The Labute approximate surface area is 479 Å². The number of hydrogen-bond acceptors (Lipinski definition) is 16. The van der Waals surface area contributed by atoms with Crippen LogP contribution in [0.4, 0.5) is 0 Å². The van der Waals surface area contributed by atoms with Crippen molar-refractivity contribution in [3.63, 3.8) is 0 Å². The van der Waals surface area contributed by atoms with Gasteiger partial charge in [-0.05, 0) is 95.0 Å². The fraction of sp³-hybridized carbons (Fsp3) is 0.790. The van der Waals surface area contributed by atoms with Crippen LogP contribution in [0.15, 0.2) is 64.7 Å². The molecule has 18 nitrogen and oxygen atoms in total. The maximum atomic E-state index is 13.7. The summed E-state index contributed by atoms with van der Waals surface area (Å²) in [4.78, 5) is 31.0. The van der Waals surface area contributed by atoms with Gasteiger partial charge in [-0.25, -0.2) is 4.79 Å². The van der Waals surface area contributed by atoms with Gasteiger partial charge in [0, 0.05) is 88.9 Å². The first-order chi connectivity index (χ1) is 37.7. The van der Waals surface area contributed by atoms with Gasteiger partial charge in [0.2, 0.25) is 0 Å². The van der Waals surface area contributed by atoms with Crippen LogP contribution in [0.5, 0.6) is 0 Å². The predicted octanol–water partition coefficient (Wildman–Crippen LogP) is 6.37. The van der Waals surface area contributed by atoms with Crippen LogP contribution in [-0.4, -0.2) is 169 Å². The number of guanidine groups is 1. The van der Waals surface area contributed by atoms with E-state index in [1.54, 1.807) is 72.0 Å². The van der Waals surface area contributed by atoms with Gasteiger partial charge in [-0.2, -0.15) is 0 Å². The quantitative estimate of drug-likeness (QED) is 0.0279. The molecular formula is C62H109N3O15. The first-order valence-corrected chi connectivity index (χ1v) is 29.9. The molecule has 0 amide bonds. The molecule has 1 fully saturated rings. The number of cyclic esters (lactones) is 1. The summed E-state index contributed by atoms with van der Waals surface area (Å²) >= 11 is 0. The van der Waals surface area contributed by atoms with Crippen molar-refractivity contribution < 1.29 is 74.9 Å². The van der Waals surface area contributed by atoms with Crippen molar-refractivity contribution >= 4 is 17.9 Å². The normalized spacial score (nSPS) is 36.8. The second kappa shape index (κ2) is 38.3. The molecule has 0 aliphatic carbocycles. The molecule has 18 atom stereocenters. The standard InChI is InChI=1S/C62H109N3O15/c1-39(2)22-17-18-28-57(74)78-49-33-47(66)32-48(67)34-52(69)40(3)24-20-26-44(7)58(43(6)23-16-14-12-13-15-19-31-65-61(63-10)64-11)79-60(76)45(8)27-21-25-41(4)53(70)37-54(71)46(9)51(68)30-29-42(5)56(73)38-62(77)59(75)55(72)36-50(35-49)80-62/h12-13,20-21,24-27,39,41-44,46-56,58-59,66-73,75,77H,14-19,22-23,28-38H2,1-11H3,(H2,63,64,65)/b13-12+,25-21+,26-20+,40-24-,45-27-/t41-,42+,43+,44+,46-,47+,48+,49-,50-,51-,52-,53+,54-,55+,56+,58-,59+,62+/m1/s1. The summed E-state index contributed by atoms with van der Waals surface area (Å²) in [5.41, 5.74) is 0.890. The highest BCUT2D eigenvalue weighted by molar-refractivity contribution is 5.88. The van der Waals surface area contributed by atoms with Crippen molar-refractivity contribution in [2.24, 2.45) is 40.5 Å². The molecule has 0 radical (unpaired) electrons. The molecule has 0 aromatic rings. The van der Waals surface area contributed by atoms with E-state index in [0.717, 1.165) is 57.5 Å². The van der Waals surface area contributed by atoms with Gasteiger partial charge in [-0.1, -0.05) is 110 Å². The second-order valence-corrected chi connectivity index (χ2v) is 23.9. The van der Waals surface area contributed by atoms with E-state index in [1.165, 1.54) is 0 Å². The predicted molar refractivity (Wildman–Crippen MR) is 313 cm³/mol. The summed E-state index contributed by atoms with van der Waals surface area (Å²) in [6, 6.07) is 0. The van der Waals surface area contributed by atoms with Crippen molar-refractivity contribution in [3.8, 4) is 0 Å². The van der Waals surface area contributed by atoms with Gasteiger partial charge in [-0.3, -0.25) is 9.79 Å². The lowest BCUT2D eigenvalue weighted by Gasteiger charge is -2.45. The van der Waals surface area contributed by atoms with Crippen LogP contribution in [0.25, 0.3) is 0 Å². The highest BCUT2D eigenvalue weighted by Gasteiger charge is 2.50. The fourth-order valence-corrected chi connectivity index (χ4v) is 10.3. The molecule has 2 aliphatic rings. The van der Waals surface area contributed by atoms with Crippen LogP contribution in [0.1, 0.15) is 178 Å². The average Bonchev–Trinajstić information content (AvgIpc) is 3.39. The molecule has 0 saturated carbocycles. The summed E-state index contributed by atoms with van der Waals surface area (Å²) in [6.45, 7) is 17.5. The van der Waals surface area contributed by atoms with Crippen LogP contribution >= 0.6 is 0 Å². The Hall–Kier alpha value is -3.53. The Morgan fingerprint density at radius 2 is 1.41 bits per heavy atom. The molecule has 1 saturated heterocycles. The van der Waals surface area contributed by atoms with Crippen LogP contribution < -0.4 is 10.6 Å². The number of rotatable bonds is 15. The molecule has 2 aliphatic heterocycles. The van der Waals surface area contributed by atoms with Crippen LogP contribution in [-0.2, 0) is 23.8 Å². The molecule has 2 rings (SSSR count). The number of aliphatic imine (C=N–C) groups is 1. The van der Waals surface area contributed by atoms with Gasteiger partial charge in [0.05, 0.1) is 54.9 Å². The van der Waals surface area contributed by atoms with E-state index in [4.69, 9.17) is 14.2 Å². The van der Waals surface area contributed by atoms with Crippen LogP contribution in [0, 0.1) is 35.5 Å². The Morgan fingerprint density at radius 1 is 0.762 bits per heavy atom. The number of aliphatic hydroxyl groups excluding tert-OH is 9. The first kappa shape index (κ1) is 72.6. The number of fused-ring (bicyclic) bond motifs is 2. The van der Waals surface area contributed by atoms with Crippen LogP contribution in [0.2, 0.25) is 0 Å². The maximum absolute atomic E-state index is 13.7. The minimum atomic E-state index is -2.43. The molecule has 462 valence electrons. The number of carbonyl (C=O) groups excluding carboxylic acids is 2. The molecule has 18 heteroatoms. The smallest absolute Gasteiger partial charge is 0.334 e. The monoisotopic (exact) mass is 1140 g/mol. The lowest BCUT2D eigenvalue weighted by Crippen LogP contribution is -2.60. The van der Waals surface area contributed by atoms with E-state index in [-0.39, 0.29) is 69.6 Å². The van der Waals surface area contributed by atoms with E-state index in [9.17, 15) is 60.7 Å². The first-order valence-electron chi connectivity index (χ1n) is 29.9. The SMILES string of the molecule is CN=C(NC)NCCC/C=C/CCC[C@H](C)[C@H]1OC(=O)/C(C)=C\C=C\[C@@H](C)[C@@H](O)C[C@@H](O)[C@H](C)[C@H](O)CC[C@H](C)[C@@H](O)C[C@]2(O)O[C@H](C[C@H](OC(=O)CCCCC(C)C)C[C@@H](O)C[C@H](O)C[C@@H](O)/C(C)=C\C=C\[C@@H]1C)C[C@H](O)[C@@H]2O. The Bertz CT molecular complexity index is 1940. The van der Waals surface area contributed by atoms with Gasteiger partial charge in [0.25, 0.3) is 0 Å². The van der Waals surface area contributed by atoms with Gasteiger partial charge < -0.3 is 75.9 Å². The van der Waals surface area contributed by atoms with Crippen molar-refractivity contribution in [1.82, 2.24) is 10.6 Å². The number of nitrogens with zero attached hydrogens (tertiary/aromatic N) is 1. The molecule has 0 unspecified atom stereocenters. The Kier molecular flexibility index (Phi) is 34.8. The number of esters is 2. The molecule has 2 bridgehead atoms. The van der Waals surface area contributed by atoms with E-state index in [2.05, 4.69) is 48.5 Å². The summed E-state index contributed by atoms with van der Waals surface area (Å²) in [6.07, 6.45) is 7.07. The second-order valence-electron chi connectivity index (χ2n) is 23.9. The summed E-state index contributed by atoms with van der Waals surface area (Å²) in [7, 11) is 3.55. The van der Waals surface area contributed by atoms with Gasteiger partial charge in [-0.15, -0.1) is 0 Å². The zero-order valence-electron chi connectivity index (χ0n) is 50.4. The average molecular weight is 1140 g/mol. The number of aliphatic hydroxyl groups is 10. The third-order valence-electron chi connectivity index (χ3n) is 16.1. The van der Waals surface area contributed by atoms with Gasteiger partial charge in [0.1, 0.15) is 18.3 Å². The largest absolute Gasteiger partial charge is 0.462 e. The van der Waals surface area contributed by atoms with E-state index in [1.807, 2.05) is 20.0 Å². The summed E-state index contributed by atoms with van der Waals surface area (Å²) in [5, 5.41) is 119. The number of nitrogens with one attached hydrogen (secondary N) is 2. The lowest BCUT2D eigenvalue weighted by atomic mass is 9.84. The van der Waals surface area contributed by atoms with Crippen LogP contribution in [0.3, 0.4) is 0 Å². The van der Waals surface area contributed by atoms with Crippen molar-refractivity contribution in [1.29, 1.82) is 0 Å². The van der Waals surface area contributed by atoms with Crippen molar-refractivity contribution in [2.45, 2.75) is 257 Å². The third kappa shape index (κ3) is 27.7. The molecule has 80 heavy (non-hydrogen) atoms. The Balaban J connectivity index is 2.44. The zero-order chi connectivity index (χ0) is 60.1. The van der Waals surface area contributed by atoms with E-state index < -0.39 is 115 Å².